The van der Waals surface area contributed by atoms with Crippen LogP contribution < -0.4 is 14.8 Å². The Labute approximate surface area is 156 Å². The third kappa shape index (κ3) is 3.48. The molecule has 0 aliphatic carbocycles. The molecule has 1 aromatic heterocycles. The fourth-order valence-electron chi connectivity index (χ4n) is 3.01. The zero-order chi connectivity index (χ0) is 18.8. The van der Waals surface area contributed by atoms with E-state index in [1.807, 2.05) is 56.3 Å². The molecule has 27 heavy (non-hydrogen) atoms. The van der Waals surface area contributed by atoms with E-state index in [4.69, 9.17) is 9.47 Å². The summed E-state index contributed by atoms with van der Waals surface area (Å²) in [7, 11) is 0. The van der Waals surface area contributed by atoms with Crippen LogP contribution in [0.1, 0.15) is 27.3 Å². The minimum atomic E-state index is -0.263. The zero-order valence-corrected chi connectivity index (χ0v) is 15.2. The fraction of sp³-hybridized carbons (Fsp3) is 0.250. The van der Waals surface area contributed by atoms with Gasteiger partial charge >= 0.3 is 0 Å². The Morgan fingerprint density at radius 1 is 1.11 bits per heavy atom. The van der Waals surface area contributed by atoms with E-state index >= 15 is 0 Å². The van der Waals surface area contributed by atoms with Crippen molar-refractivity contribution in [3.05, 3.63) is 65.0 Å². The number of aryl methyl sites for hydroxylation is 1. The van der Waals surface area contributed by atoms with E-state index < -0.39 is 0 Å². The molecule has 0 fully saturated rings. The molecule has 0 spiro atoms. The van der Waals surface area contributed by atoms with Crippen molar-refractivity contribution in [2.75, 3.05) is 13.2 Å². The maximum absolute atomic E-state index is 12.6. The van der Waals surface area contributed by atoms with Crippen molar-refractivity contribution < 1.29 is 14.3 Å². The monoisotopic (exact) mass is 364 g/mol. The molecule has 1 N–H and O–H groups in total. The molecule has 0 bridgehead atoms. The van der Waals surface area contributed by atoms with E-state index in [0.29, 0.717) is 36.9 Å². The van der Waals surface area contributed by atoms with Crippen LogP contribution in [0.15, 0.2) is 42.5 Å². The molecule has 1 aliphatic rings. The first-order valence-corrected chi connectivity index (χ1v) is 8.78. The van der Waals surface area contributed by atoms with E-state index in [1.165, 1.54) is 0 Å². The van der Waals surface area contributed by atoms with Crippen LogP contribution in [0.3, 0.4) is 0 Å². The molecule has 0 atom stereocenters. The van der Waals surface area contributed by atoms with Crippen LogP contribution in [-0.2, 0) is 6.54 Å². The predicted molar refractivity (Wildman–Crippen MR) is 99.4 cm³/mol. The quantitative estimate of drug-likeness (QED) is 0.770. The van der Waals surface area contributed by atoms with Crippen LogP contribution in [0.4, 0.5) is 0 Å². The second-order valence-corrected chi connectivity index (χ2v) is 6.43. The van der Waals surface area contributed by atoms with Crippen LogP contribution in [0, 0.1) is 13.8 Å². The van der Waals surface area contributed by atoms with Gasteiger partial charge in [0.15, 0.2) is 17.2 Å². The highest BCUT2D eigenvalue weighted by Crippen LogP contribution is 2.30. The maximum atomic E-state index is 12.6. The number of rotatable bonds is 4. The molecular formula is C20H20N4O3. The number of carbonyl (C=O) groups is 1. The Kier molecular flexibility index (Phi) is 4.50. The number of hydrogen-bond acceptors (Lipinski definition) is 5. The number of amides is 1. The summed E-state index contributed by atoms with van der Waals surface area (Å²) < 4.78 is 12.8. The van der Waals surface area contributed by atoms with Crippen molar-refractivity contribution in [2.24, 2.45) is 0 Å². The number of aromatic nitrogens is 3. The lowest BCUT2D eigenvalue weighted by Crippen LogP contribution is -2.24. The standard InChI is InChI=1S/C20H20N4O3/c1-13-4-3-5-16(10-13)24-14(2)19(22-23-24)20(25)21-12-15-6-7-17-18(11-15)27-9-8-26-17/h3-7,10-11H,8-9,12H2,1-2H3,(H,21,25). The van der Waals surface area contributed by atoms with Crippen LogP contribution in [0.2, 0.25) is 0 Å². The second kappa shape index (κ2) is 7.11. The first-order chi connectivity index (χ1) is 13.1. The van der Waals surface area contributed by atoms with Crippen molar-refractivity contribution in [2.45, 2.75) is 20.4 Å². The van der Waals surface area contributed by atoms with Gasteiger partial charge in [0.05, 0.1) is 11.4 Å². The first-order valence-electron chi connectivity index (χ1n) is 8.78. The van der Waals surface area contributed by atoms with Crippen LogP contribution in [-0.4, -0.2) is 34.1 Å². The van der Waals surface area contributed by atoms with Gasteiger partial charge < -0.3 is 14.8 Å². The largest absolute Gasteiger partial charge is 0.486 e. The Morgan fingerprint density at radius 3 is 2.74 bits per heavy atom. The summed E-state index contributed by atoms with van der Waals surface area (Å²) in [5, 5.41) is 11.1. The van der Waals surface area contributed by atoms with Crippen molar-refractivity contribution in [3.63, 3.8) is 0 Å². The van der Waals surface area contributed by atoms with Gasteiger partial charge in [-0.1, -0.05) is 23.4 Å². The smallest absolute Gasteiger partial charge is 0.274 e. The lowest BCUT2D eigenvalue weighted by Gasteiger charge is -2.18. The fourth-order valence-corrected chi connectivity index (χ4v) is 3.01. The summed E-state index contributed by atoms with van der Waals surface area (Å²) in [6.45, 7) is 5.30. The Bertz CT molecular complexity index is 997. The third-order valence-electron chi connectivity index (χ3n) is 4.42. The van der Waals surface area contributed by atoms with Gasteiger partial charge in [0.1, 0.15) is 13.2 Å². The molecule has 0 unspecified atom stereocenters. The average molecular weight is 364 g/mol. The number of nitrogens with zero attached hydrogens (tertiary/aromatic N) is 3. The molecule has 138 valence electrons. The highest BCUT2D eigenvalue weighted by molar-refractivity contribution is 5.93. The number of carbonyl (C=O) groups excluding carboxylic acids is 1. The molecule has 3 aromatic rings. The maximum Gasteiger partial charge on any atom is 0.274 e. The summed E-state index contributed by atoms with van der Waals surface area (Å²) in [5.74, 6) is 1.17. The van der Waals surface area contributed by atoms with E-state index in [1.54, 1.807) is 4.68 Å². The van der Waals surface area contributed by atoms with Gasteiger partial charge in [-0.05, 0) is 49.2 Å². The highest BCUT2D eigenvalue weighted by Gasteiger charge is 2.18. The topological polar surface area (TPSA) is 78.3 Å². The molecule has 2 heterocycles. The molecule has 2 aromatic carbocycles. The minimum absolute atomic E-state index is 0.263. The summed E-state index contributed by atoms with van der Waals surface area (Å²) in [6, 6.07) is 13.5. The van der Waals surface area contributed by atoms with Crippen LogP contribution in [0.5, 0.6) is 11.5 Å². The number of ether oxygens (including phenoxy) is 2. The van der Waals surface area contributed by atoms with Gasteiger partial charge in [0, 0.05) is 6.54 Å². The lowest BCUT2D eigenvalue weighted by atomic mass is 10.2. The number of benzene rings is 2. The molecule has 0 radical (unpaired) electrons. The summed E-state index contributed by atoms with van der Waals surface area (Å²) in [6.07, 6.45) is 0. The average Bonchev–Trinajstić information content (AvgIpc) is 3.07. The summed E-state index contributed by atoms with van der Waals surface area (Å²) >= 11 is 0. The first kappa shape index (κ1) is 17.1. The van der Waals surface area contributed by atoms with E-state index in [9.17, 15) is 4.79 Å². The number of fused-ring (bicyclic) bond motifs is 1. The molecule has 7 heteroatoms. The Balaban J connectivity index is 1.47. The van der Waals surface area contributed by atoms with Crippen molar-refractivity contribution >= 4 is 5.91 Å². The molecule has 0 saturated heterocycles. The van der Waals surface area contributed by atoms with Crippen molar-refractivity contribution in [1.82, 2.24) is 20.3 Å². The van der Waals surface area contributed by atoms with Gasteiger partial charge in [0.25, 0.3) is 5.91 Å². The van der Waals surface area contributed by atoms with Crippen molar-refractivity contribution in [1.29, 1.82) is 0 Å². The van der Waals surface area contributed by atoms with Gasteiger partial charge in [0.2, 0.25) is 0 Å². The molecular weight excluding hydrogens is 344 g/mol. The second-order valence-electron chi connectivity index (χ2n) is 6.43. The SMILES string of the molecule is Cc1cccc(-n2nnc(C(=O)NCc3ccc4c(c3)OCCO4)c2C)c1. The van der Waals surface area contributed by atoms with Gasteiger partial charge in [-0.15, -0.1) is 5.10 Å². The van der Waals surface area contributed by atoms with Gasteiger partial charge in [-0.3, -0.25) is 4.79 Å². The molecule has 1 amide bonds. The Hall–Kier alpha value is -3.35. The van der Waals surface area contributed by atoms with E-state index in [2.05, 4.69) is 15.6 Å². The summed E-state index contributed by atoms with van der Waals surface area (Å²) in [4.78, 5) is 12.6. The normalized spacial score (nSPS) is 12.7. The number of nitrogens with one attached hydrogen (secondary N) is 1. The minimum Gasteiger partial charge on any atom is -0.486 e. The van der Waals surface area contributed by atoms with Crippen molar-refractivity contribution in [3.8, 4) is 17.2 Å². The van der Waals surface area contributed by atoms with Gasteiger partial charge in [-0.25, -0.2) is 4.68 Å². The van der Waals surface area contributed by atoms with Crippen LogP contribution in [0.25, 0.3) is 5.69 Å². The zero-order valence-electron chi connectivity index (χ0n) is 15.2. The molecule has 4 rings (SSSR count). The Morgan fingerprint density at radius 2 is 1.93 bits per heavy atom. The molecule has 0 saturated carbocycles. The highest BCUT2D eigenvalue weighted by atomic mass is 16.6. The van der Waals surface area contributed by atoms with Gasteiger partial charge in [-0.2, -0.15) is 0 Å². The molecule has 1 aliphatic heterocycles. The predicted octanol–water partition coefficient (Wildman–Crippen LogP) is 2.59. The van der Waals surface area contributed by atoms with Crippen LogP contribution >= 0.6 is 0 Å². The third-order valence-corrected chi connectivity index (χ3v) is 4.42. The lowest BCUT2D eigenvalue weighted by molar-refractivity contribution is 0.0945. The molecule has 7 nitrogen and oxygen atoms in total. The number of hydrogen-bond donors (Lipinski definition) is 1. The van der Waals surface area contributed by atoms with E-state index in [0.717, 1.165) is 22.6 Å². The summed E-state index contributed by atoms with van der Waals surface area (Å²) in [5.41, 5.74) is 3.93. The van der Waals surface area contributed by atoms with E-state index in [-0.39, 0.29) is 5.91 Å².